The number of nitrogens with one attached hydrogen (secondary N) is 1. The van der Waals surface area contributed by atoms with Crippen LogP contribution in [0.4, 0.5) is 5.69 Å². The Labute approximate surface area is 114 Å². The van der Waals surface area contributed by atoms with Gasteiger partial charge in [0.1, 0.15) is 0 Å². The molecule has 1 aromatic carbocycles. The second-order valence-corrected chi connectivity index (χ2v) is 4.14. The van der Waals surface area contributed by atoms with Crippen LogP contribution in [0.3, 0.4) is 0 Å². The predicted molar refractivity (Wildman–Crippen MR) is 75.9 cm³/mol. The average molecular weight is 273 g/mol. The molecule has 0 aromatic heterocycles. The van der Waals surface area contributed by atoms with Gasteiger partial charge < -0.3 is 15.8 Å². The lowest BCUT2D eigenvalue weighted by Crippen LogP contribution is -2.32. The summed E-state index contributed by atoms with van der Waals surface area (Å²) in [7, 11) is 1.60. The molecule has 0 aliphatic rings. The molecule has 18 heavy (non-hydrogen) atoms. The topological polar surface area (TPSA) is 64.3 Å². The monoisotopic (exact) mass is 272 g/mol. The molecule has 5 heteroatoms. The molecule has 1 amide bonds. The molecule has 0 heterocycles. The Morgan fingerprint density at radius 2 is 2.00 bits per heavy atom. The highest BCUT2D eigenvalue weighted by Crippen LogP contribution is 2.05. The Hall–Kier alpha value is -1.26. The minimum Gasteiger partial charge on any atom is -0.399 e. The van der Waals surface area contributed by atoms with Crippen LogP contribution in [0.2, 0.25) is 0 Å². The largest absolute Gasteiger partial charge is 0.399 e. The van der Waals surface area contributed by atoms with Crippen molar-refractivity contribution in [2.45, 2.75) is 13.3 Å². The Kier molecular flexibility index (Phi) is 8.16. The van der Waals surface area contributed by atoms with E-state index in [1.807, 2.05) is 31.2 Å². The minimum atomic E-state index is -0.105. The highest BCUT2D eigenvalue weighted by atomic mass is 35.5. The molecule has 0 bridgehead atoms. The van der Waals surface area contributed by atoms with Crippen molar-refractivity contribution in [1.82, 2.24) is 5.32 Å². The third-order valence-electron chi connectivity index (χ3n) is 2.56. The summed E-state index contributed by atoms with van der Waals surface area (Å²) in [6.45, 7) is 2.94. The maximum Gasteiger partial charge on any atom is 0.225 e. The smallest absolute Gasteiger partial charge is 0.225 e. The van der Waals surface area contributed by atoms with E-state index in [1.165, 1.54) is 5.56 Å². The van der Waals surface area contributed by atoms with E-state index in [-0.39, 0.29) is 24.2 Å². The summed E-state index contributed by atoms with van der Waals surface area (Å²) in [5.41, 5.74) is 7.51. The maximum atomic E-state index is 11.6. The van der Waals surface area contributed by atoms with Crippen LogP contribution in [0.15, 0.2) is 24.3 Å². The first-order chi connectivity index (χ1) is 8.13. The zero-order chi connectivity index (χ0) is 12.7. The molecule has 3 N–H and O–H groups in total. The number of hydrogen-bond acceptors (Lipinski definition) is 3. The summed E-state index contributed by atoms with van der Waals surface area (Å²) >= 11 is 0. The summed E-state index contributed by atoms with van der Waals surface area (Å²) in [4.78, 5) is 11.6. The number of anilines is 1. The Balaban J connectivity index is 0.00000289. The lowest BCUT2D eigenvalue weighted by molar-refractivity contribution is -0.125. The number of carbonyl (C=O) groups is 1. The molecule has 0 saturated heterocycles. The van der Waals surface area contributed by atoms with Crippen LogP contribution in [0.25, 0.3) is 0 Å². The lowest BCUT2D eigenvalue weighted by Gasteiger charge is -2.11. The molecule has 0 fully saturated rings. The third kappa shape index (κ3) is 5.89. The quantitative estimate of drug-likeness (QED) is 0.774. The van der Waals surface area contributed by atoms with Crippen LogP contribution in [0.5, 0.6) is 0 Å². The van der Waals surface area contributed by atoms with E-state index in [4.69, 9.17) is 10.5 Å². The Morgan fingerprint density at radius 1 is 1.39 bits per heavy atom. The second-order valence-electron chi connectivity index (χ2n) is 4.14. The number of nitrogen functional groups attached to an aromatic ring is 1. The molecule has 0 aliphatic carbocycles. The SMILES string of the molecule is COCC(C)C(=O)NCCc1ccc(N)cc1.Cl. The van der Waals surface area contributed by atoms with E-state index in [2.05, 4.69) is 5.32 Å². The molecule has 1 atom stereocenters. The van der Waals surface area contributed by atoms with Gasteiger partial charge in [-0.05, 0) is 24.1 Å². The van der Waals surface area contributed by atoms with Crippen LogP contribution in [0, 0.1) is 5.92 Å². The fourth-order valence-electron chi connectivity index (χ4n) is 1.51. The van der Waals surface area contributed by atoms with Gasteiger partial charge in [-0.3, -0.25) is 4.79 Å². The van der Waals surface area contributed by atoms with Crippen molar-refractivity contribution in [3.8, 4) is 0 Å². The number of carbonyl (C=O) groups excluding carboxylic acids is 1. The molecule has 0 radical (unpaired) electrons. The zero-order valence-corrected chi connectivity index (χ0v) is 11.6. The lowest BCUT2D eigenvalue weighted by atomic mass is 10.1. The van der Waals surface area contributed by atoms with Gasteiger partial charge in [-0.25, -0.2) is 0 Å². The molecule has 1 aromatic rings. The molecule has 4 nitrogen and oxygen atoms in total. The molecule has 0 spiro atoms. The van der Waals surface area contributed by atoms with Crippen molar-refractivity contribution >= 4 is 24.0 Å². The highest BCUT2D eigenvalue weighted by Gasteiger charge is 2.11. The van der Waals surface area contributed by atoms with E-state index in [0.29, 0.717) is 13.2 Å². The van der Waals surface area contributed by atoms with Gasteiger partial charge in [0, 0.05) is 19.3 Å². The zero-order valence-electron chi connectivity index (χ0n) is 10.8. The molecule has 1 rings (SSSR count). The van der Waals surface area contributed by atoms with E-state index in [9.17, 15) is 4.79 Å². The number of hydrogen-bond donors (Lipinski definition) is 2. The molecular formula is C13H21ClN2O2. The summed E-state index contributed by atoms with van der Waals surface area (Å²) in [6, 6.07) is 7.68. The molecule has 0 aliphatic heterocycles. The standard InChI is InChI=1S/C13H20N2O2.ClH/c1-10(9-17-2)13(16)15-8-7-11-3-5-12(14)6-4-11;/h3-6,10H,7-9,14H2,1-2H3,(H,15,16);1H. The van der Waals surface area contributed by atoms with Gasteiger partial charge in [0.05, 0.1) is 12.5 Å². The van der Waals surface area contributed by atoms with Crippen LogP contribution in [-0.2, 0) is 16.0 Å². The number of nitrogens with two attached hydrogens (primary N) is 1. The predicted octanol–water partition coefficient (Wildman–Crippen LogP) is 1.63. The number of ether oxygens (including phenoxy) is 1. The van der Waals surface area contributed by atoms with Gasteiger partial charge in [0.25, 0.3) is 0 Å². The number of methoxy groups -OCH3 is 1. The van der Waals surface area contributed by atoms with Crippen LogP contribution in [0.1, 0.15) is 12.5 Å². The first-order valence-electron chi connectivity index (χ1n) is 5.74. The third-order valence-corrected chi connectivity index (χ3v) is 2.56. The van der Waals surface area contributed by atoms with Crippen LogP contribution >= 0.6 is 12.4 Å². The number of amides is 1. The van der Waals surface area contributed by atoms with Crippen molar-refractivity contribution in [2.24, 2.45) is 5.92 Å². The van der Waals surface area contributed by atoms with Crippen LogP contribution < -0.4 is 11.1 Å². The minimum absolute atomic E-state index is 0. The van der Waals surface area contributed by atoms with Crippen LogP contribution in [-0.4, -0.2) is 26.2 Å². The van der Waals surface area contributed by atoms with Crippen molar-refractivity contribution in [1.29, 1.82) is 0 Å². The normalized spacial score (nSPS) is 11.4. The van der Waals surface area contributed by atoms with Gasteiger partial charge in [-0.1, -0.05) is 19.1 Å². The Bertz CT molecular complexity index is 355. The highest BCUT2D eigenvalue weighted by molar-refractivity contribution is 5.85. The first kappa shape index (κ1) is 16.7. The van der Waals surface area contributed by atoms with E-state index in [1.54, 1.807) is 7.11 Å². The van der Waals surface area contributed by atoms with Gasteiger partial charge in [-0.2, -0.15) is 0 Å². The second kappa shape index (κ2) is 8.78. The average Bonchev–Trinajstić information content (AvgIpc) is 2.32. The van der Waals surface area contributed by atoms with Crippen molar-refractivity contribution in [2.75, 3.05) is 26.0 Å². The molecular weight excluding hydrogens is 252 g/mol. The number of benzene rings is 1. The molecule has 1 unspecified atom stereocenters. The van der Waals surface area contributed by atoms with Crippen molar-refractivity contribution in [3.05, 3.63) is 29.8 Å². The van der Waals surface area contributed by atoms with E-state index >= 15 is 0 Å². The van der Waals surface area contributed by atoms with E-state index < -0.39 is 0 Å². The first-order valence-corrected chi connectivity index (χ1v) is 5.74. The van der Waals surface area contributed by atoms with Gasteiger partial charge in [0.2, 0.25) is 5.91 Å². The molecule has 0 saturated carbocycles. The number of rotatable bonds is 6. The Morgan fingerprint density at radius 3 is 2.56 bits per heavy atom. The van der Waals surface area contributed by atoms with Crippen molar-refractivity contribution < 1.29 is 9.53 Å². The van der Waals surface area contributed by atoms with Crippen molar-refractivity contribution in [3.63, 3.8) is 0 Å². The fraction of sp³-hybridized carbons (Fsp3) is 0.462. The summed E-state index contributed by atoms with van der Waals surface area (Å²) in [5.74, 6) is -0.0753. The summed E-state index contributed by atoms with van der Waals surface area (Å²) in [5, 5.41) is 2.88. The number of halogens is 1. The van der Waals surface area contributed by atoms with Gasteiger partial charge in [-0.15, -0.1) is 12.4 Å². The summed E-state index contributed by atoms with van der Waals surface area (Å²) in [6.07, 6.45) is 0.811. The summed E-state index contributed by atoms with van der Waals surface area (Å²) < 4.78 is 4.93. The van der Waals surface area contributed by atoms with E-state index in [0.717, 1.165) is 12.1 Å². The fourth-order valence-corrected chi connectivity index (χ4v) is 1.51. The molecule has 102 valence electrons. The maximum absolute atomic E-state index is 11.6. The van der Waals surface area contributed by atoms with Gasteiger partial charge >= 0.3 is 0 Å². The van der Waals surface area contributed by atoms with Gasteiger partial charge in [0.15, 0.2) is 0 Å².